The van der Waals surface area contributed by atoms with Gasteiger partial charge in [-0.2, -0.15) is 5.10 Å². The minimum absolute atomic E-state index is 0.334. The van der Waals surface area contributed by atoms with Crippen molar-refractivity contribution in [3.8, 4) is 5.75 Å². The highest BCUT2D eigenvalue weighted by molar-refractivity contribution is 5.34. The molecule has 2 rings (SSSR count). The molecule has 1 atom stereocenters. The van der Waals surface area contributed by atoms with Gasteiger partial charge in [0, 0.05) is 13.2 Å². The Bertz CT molecular complexity index is 536. The number of hydrogen-bond acceptors (Lipinski definition) is 4. The summed E-state index contributed by atoms with van der Waals surface area (Å²) in [7, 11) is 3.51. The molecule has 0 aliphatic carbocycles. The topological polar surface area (TPSA) is 66.0 Å². The second kappa shape index (κ2) is 5.18. The SMILES string of the molecule is CCc1cc(C(N)c2ncccc2OC)n(C)n1. The van der Waals surface area contributed by atoms with Gasteiger partial charge in [0.25, 0.3) is 0 Å². The summed E-state index contributed by atoms with van der Waals surface area (Å²) >= 11 is 0. The fourth-order valence-corrected chi connectivity index (χ4v) is 1.96. The predicted molar refractivity (Wildman–Crippen MR) is 69.4 cm³/mol. The summed E-state index contributed by atoms with van der Waals surface area (Å²) in [5.74, 6) is 0.698. The van der Waals surface area contributed by atoms with Crippen LogP contribution in [0.15, 0.2) is 24.4 Å². The highest BCUT2D eigenvalue weighted by Gasteiger charge is 2.19. The zero-order valence-corrected chi connectivity index (χ0v) is 10.9. The predicted octanol–water partition coefficient (Wildman–Crippen LogP) is 1.43. The molecule has 0 aliphatic rings. The van der Waals surface area contributed by atoms with Gasteiger partial charge in [0.05, 0.1) is 24.5 Å². The quantitative estimate of drug-likeness (QED) is 0.886. The van der Waals surface area contributed by atoms with Crippen LogP contribution in [0.4, 0.5) is 0 Å². The number of pyridine rings is 1. The third-order valence-corrected chi connectivity index (χ3v) is 2.96. The number of aromatic nitrogens is 3. The van der Waals surface area contributed by atoms with Crippen molar-refractivity contribution in [3.63, 3.8) is 0 Å². The Balaban J connectivity index is 2.40. The van der Waals surface area contributed by atoms with E-state index < -0.39 is 0 Å². The number of nitrogens with two attached hydrogens (primary N) is 1. The van der Waals surface area contributed by atoms with E-state index in [9.17, 15) is 0 Å². The summed E-state index contributed by atoms with van der Waals surface area (Å²) in [5, 5.41) is 4.40. The van der Waals surface area contributed by atoms with Gasteiger partial charge in [-0.25, -0.2) is 0 Å². The van der Waals surface area contributed by atoms with Crippen LogP contribution in [0.3, 0.4) is 0 Å². The van der Waals surface area contributed by atoms with Crippen LogP contribution in [0, 0.1) is 0 Å². The average molecular weight is 246 g/mol. The molecule has 0 radical (unpaired) electrons. The molecule has 2 aromatic heterocycles. The lowest BCUT2D eigenvalue weighted by Crippen LogP contribution is -2.18. The van der Waals surface area contributed by atoms with Gasteiger partial charge in [0.1, 0.15) is 11.4 Å². The molecule has 0 aliphatic heterocycles. The van der Waals surface area contributed by atoms with E-state index in [4.69, 9.17) is 10.5 Å². The van der Waals surface area contributed by atoms with Gasteiger partial charge >= 0.3 is 0 Å². The van der Waals surface area contributed by atoms with Crippen LogP contribution in [-0.2, 0) is 13.5 Å². The molecule has 0 saturated carbocycles. The monoisotopic (exact) mass is 246 g/mol. The van der Waals surface area contributed by atoms with Gasteiger partial charge in [-0.15, -0.1) is 0 Å². The fourth-order valence-electron chi connectivity index (χ4n) is 1.96. The largest absolute Gasteiger partial charge is 0.495 e. The molecule has 2 aromatic rings. The van der Waals surface area contributed by atoms with E-state index in [-0.39, 0.29) is 6.04 Å². The summed E-state index contributed by atoms with van der Waals surface area (Å²) in [6, 6.07) is 5.37. The van der Waals surface area contributed by atoms with Crippen molar-refractivity contribution >= 4 is 0 Å². The van der Waals surface area contributed by atoms with E-state index in [0.29, 0.717) is 5.75 Å². The van der Waals surface area contributed by atoms with Gasteiger partial charge in [0.15, 0.2) is 0 Å². The molecule has 0 spiro atoms. The Kier molecular flexibility index (Phi) is 3.62. The molecule has 0 saturated heterocycles. The number of hydrogen-bond donors (Lipinski definition) is 1. The lowest BCUT2D eigenvalue weighted by atomic mass is 10.1. The minimum atomic E-state index is -0.334. The maximum Gasteiger partial charge on any atom is 0.142 e. The van der Waals surface area contributed by atoms with Gasteiger partial charge in [0.2, 0.25) is 0 Å². The third-order valence-electron chi connectivity index (χ3n) is 2.96. The smallest absolute Gasteiger partial charge is 0.142 e. The van der Waals surface area contributed by atoms with Gasteiger partial charge < -0.3 is 10.5 Å². The maximum absolute atomic E-state index is 6.26. The van der Waals surface area contributed by atoms with E-state index >= 15 is 0 Å². The van der Waals surface area contributed by atoms with Gasteiger partial charge in [-0.1, -0.05) is 6.92 Å². The molecule has 5 nitrogen and oxygen atoms in total. The van der Waals surface area contributed by atoms with Crippen molar-refractivity contribution in [2.75, 3.05) is 7.11 Å². The molecule has 0 bridgehead atoms. The second-order valence-electron chi connectivity index (χ2n) is 4.11. The number of ether oxygens (including phenoxy) is 1. The van der Waals surface area contributed by atoms with Crippen LogP contribution in [0.25, 0.3) is 0 Å². The van der Waals surface area contributed by atoms with Crippen molar-refractivity contribution in [3.05, 3.63) is 41.5 Å². The first-order valence-corrected chi connectivity index (χ1v) is 5.94. The molecule has 0 amide bonds. The van der Waals surface area contributed by atoms with Gasteiger partial charge in [-0.3, -0.25) is 9.67 Å². The average Bonchev–Trinajstić information content (AvgIpc) is 2.79. The van der Waals surface area contributed by atoms with Crippen LogP contribution >= 0.6 is 0 Å². The molecule has 2 heterocycles. The van der Waals surface area contributed by atoms with Crippen molar-refractivity contribution in [1.29, 1.82) is 0 Å². The number of methoxy groups -OCH3 is 1. The Morgan fingerprint density at radius 3 is 2.89 bits per heavy atom. The van der Waals surface area contributed by atoms with Gasteiger partial charge in [-0.05, 0) is 24.6 Å². The molecular formula is C13H18N4O. The van der Waals surface area contributed by atoms with Crippen molar-refractivity contribution < 1.29 is 4.74 Å². The fraction of sp³-hybridized carbons (Fsp3) is 0.385. The first kappa shape index (κ1) is 12.6. The molecule has 5 heteroatoms. The molecular weight excluding hydrogens is 228 g/mol. The van der Waals surface area contributed by atoms with Crippen LogP contribution in [0.1, 0.15) is 30.0 Å². The van der Waals surface area contributed by atoms with Crippen LogP contribution in [0.5, 0.6) is 5.75 Å². The molecule has 1 unspecified atom stereocenters. The van der Waals surface area contributed by atoms with Crippen molar-refractivity contribution in [2.45, 2.75) is 19.4 Å². The zero-order valence-electron chi connectivity index (χ0n) is 10.9. The number of rotatable bonds is 4. The highest BCUT2D eigenvalue weighted by Crippen LogP contribution is 2.26. The Labute approximate surface area is 107 Å². The van der Waals surface area contributed by atoms with Crippen molar-refractivity contribution in [2.24, 2.45) is 12.8 Å². The zero-order chi connectivity index (χ0) is 13.1. The number of nitrogens with zero attached hydrogens (tertiary/aromatic N) is 3. The van der Waals surface area contributed by atoms with E-state index in [2.05, 4.69) is 17.0 Å². The van der Waals surface area contributed by atoms with Crippen LogP contribution < -0.4 is 10.5 Å². The summed E-state index contributed by atoms with van der Waals surface area (Å²) in [4.78, 5) is 4.31. The molecule has 18 heavy (non-hydrogen) atoms. The molecule has 96 valence electrons. The van der Waals surface area contributed by atoms with E-state index in [1.165, 1.54) is 0 Å². The van der Waals surface area contributed by atoms with E-state index in [0.717, 1.165) is 23.5 Å². The Morgan fingerprint density at radius 2 is 2.28 bits per heavy atom. The lowest BCUT2D eigenvalue weighted by Gasteiger charge is -2.14. The summed E-state index contributed by atoms with van der Waals surface area (Å²) in [5.41, 5.74) is 8.95. The summed E-state index contributed by atoms with van der Waals surface area (Å²) in [6.45, 7) is 2.07. The lowest BCUT2D eigenvalue weighted by molar-refractivity contribution is 0.403. The standard InChI is InChI=1S/C13H18N4O/c1-4-9-8-10(17(2)16-9)12(14)13-11(18-3)6-5-7-15-13/h5-8,12H,4,14H2,1-3H3. The minimum Gasteiger partial charge on any atom is -0.495 e. The second-order valence-corrected chi connectivity index (χ2v) is 4.11. The Hall–Kier alpha value is -1.88. The van der Waals surface area contributed by atoms with Crippen LogP contribution in [-0.4, -0.2) is 21.9 Å². The molecule has 0 aromatic carbocycles. The summed E-state index contributed by atoms with van der Waals surface area (Å²) < 4.78 is 7.09. The first-order chi connectivity index (χ1) is 8.67. The Morgan fingerprint density at radius 1 is 1.50 bits per heavy atom. The highest BCUT2D eigenvalue weighted by atomic mass is 16.5. The number of aryl methyl sites for hydroxylation is 2. The van der Waals surface area contributed by atoms with E-state index in [1.54, 1.807) is 18.0 Å². The van der Waals surface area contributed by atoms with E-state index in [1.807, 2.05) is 25.2 Å². The molecule has 2 N–H and O–H groups in total. The normalized spacial score (nSPS) is 12.4. The molecule has 0 fully saturated rings. The first-order valence-electron chi connectivity index (χ1n) is 5.94. The summed E-state index contributed by atoms with van der Waals surface area (Å²) in [6.07, 6.45) is 2.61. The van der Waals surface area contributed by atoms with Crippen LogP contribution in [0.2, 0.25) is 0 Å². The van der Waals surface area contributed by atoms with Crippen molar-refractivity contribution in [1.82, 2.24) is 14.8 Å². The third kappa shape index (κ3) is 2.22. The maximum atomic E-state index is 6.26.